The zero-order chi connectivity index (χ0) is 19.1. The van der Waals surface area contributed by atoms with Gasteiger partial charge in [0.05, 0.1) is 13.2 Å². The van der Waals surface area contributed by atoms with Crippen LogP contribution in [0.2, 0.25) is 0 Å². The van der Waals surface area contributed by atoms with E-state index in [1.54, 1.807) is 31.4 Å². The first kappa shape index (κ1) is 19.7. The lowest BCUT2D eigenvalue weighted by atomic mass is 10.1. The van der Waals surface area contributed by atoms with Gasteiger partial charge in [0.15, 0.2) is 5.11 Å². The van der Waals surface area contributed by atoms with Gasteiger partial charge in [0.1, 0.15) is 18.1 Å². The summed E-state index contributed by atoms with van der Waals surface area (Å²) < 4.78 is 11.0. The van der Waals surface area contributed by atoms with E-state index in [9.17, 15) is 4.79 Å². The van der Waals surface area contributed by atoms with E-state index < -0.39 is 0 Å². The van der Waals surface area contributed by atoms with Gasteiger partial charge in [0, 0.05) is 5.56 Å². The molecule has 0 saturated heterocycles. The first-order valence-electron chi connectivity index (χ1n) is 8.35. The number of thiocarbonyl (C=S) groups is 1. The van der Waals surface area contributed by atoms with Crippen LogP contribution in [0.3, 0.4) is 0 Å². The van der Waals surface area contributed by atoms with Crippen LogP contribution in [0.5, 0.6) is 11.5 Å². The Kier molecular flexibility index (Phi) is 6.97. The van der Waals surface area contributed by atoms with E-state index in [1.807, 2.05) is 39.0 Å². The maximum Gasteiger partial charge on any atom is 0.257 e. The minimum absolute atomic E-state index is 0.0577. The second kappa shape index (κ2) is 9.20. The summed E-state index contributed by atoms with van der Waals surface area (Å²) in [5.74, 6) is 1.31. The Morgan fingerprint density at radius 3 is 2.31 bits per heavy atom. The van der Waals surface area contributed by atoms with Gasteiger partial charge in [-0.15, -0.1) is 0 Å². The van der Waals surface area contributed by atoms with Crippen molar-refractivity contribution in [1.29, 1.82) is 0 Å². The molecule has 2 N–H and O–H groups in total. The minimum atomic E-state index is -0.270. The summed E-state index contributed by atoms with van der Waals surface area (Å²) >= 11 is 5.21. The third-order valence-corrected chi connectivity index (χ3v) is 4.06. The molecule has 2 rings (SSSR count). The summed E-state index contributed by atoms with van der Waals surface area (Å²) in [4.78, 5) is 12.2. The molecule has 0 aromatic heterocycles. The summed E-state index contributed by atoms with van der Waals surface area (Å²) in [6, 6.07) is 12.8. The lowest BCUT2D eigenvalue weighted by Crippen LogP contribution is -2.45. The molecule has 0 bridgehead atoms. The molecule has 5 nitrogen and oxygen atoms in total. The van der Waals surface area contributed by atoms with Crippen molar-refractivity contribution >= 4 is 23.2 Å². The number of aryl methyl sites for hydroxylation is 2. The van der Waals surface area contributed by atoms with Gasteiger partial charge in [0.25, 0.3) is 5.91 Å². The van der Waals surface area contributed by atoms with Crippen LogP contribution in [0, 0.1) is 13.8 Å². The molecule has 2 aromatic carbocycles. The molecule has 0 radical (unpaired) electrons. The van der Waals surface area contributed by atoms with Crippen molar-refractivity contribution in [2.75, 3.05) is 13.7 Å². The monoisotopic (exact) mass is 372 g/mol. The van der Waals surface area contributed by atoms with Crippen LogP contribution in [0.1, 0.15) is 28.4 Å². The van der Waals surface area contributed by atoms with E-state index in [0.717, 1.165) is 16.9 Å². The second-order valence-corrected chi connectivity index (χ2v) is 6.50. The number of carbonyl (C=O) groups excluding carboxylic acids is 1. The zero-order valence-corrected chi connectivity index (χ0v) is 16.3. The molecule has 138 valence electrons. The summed E-state index contributed by atoms with van der Waals surface area (Å²) in [5.41, 5.74) is 2.69. The fourth-order valence-electron chi connectivity index (χ4n) is 2.45. The Balaban J connectivity index is 1.83. The van der Waals surface area contributed by atoms with Crippen molar-refractivity contribution in [1.82, 2.24) is 10.6 Å². The van der Waals surface area contributed by atoms with E-state index in [1.165, 1.54) is 0 Å². The highest BCUT2D eigenvalue weighted by atomic mass is 32.1. The van der Waals surface area contributed by atoms with E-state index in [0.29, 0.717) is 17.9 Å². The van der Waals surface area contributed by atoms with E-state index in [-0.39, 0.29) is 17.1 Å². The van der Waals surface area contributed by atoms with Crippen LogP contribution >= 0.6 is 12.2 Å². The highest BCUT2D eigenvalue weighted by Crippen LogP contribution is 2.22. The van der Waals surface area contributed by atoms with Crippen molar-refractivity contribution in [3.8, 4) is 11.5 Å². The first-order chi connectivity index (χ1) is 12.4. The van der Waals surface area contributed by atoms with E-state index in [4.69, 9.17) is 21.7 Å². The van der Waals surface area contributed by atoms with Gasteiger partial charge < -0.3 is 14.8 Å². The van der Waals surface area contributed by atoms with Gasteiger partial charge in [-0.05, 0) is 68.4 Å². The Morgan fingerprint density at radius 1 is 1.12 bits per heavy atom. The van der Waals surface area contributed by atoms with Crippen LogP contribution in [-0.4, -0.2) is 30.8 Å². The Hall–Kier alpha value is -2.60. The lowest BCUT2D eigenvalue weighted by Gasteiger charge is -2.19. The number of para-hydroxylation sites is 1. The molecule has 0 spiro atoms. The fourth-order valence-corrected chi connectivity index (χ4v) is 2.75. The molecule has 0 heterocycles. The summed E-state index contributed by atoms with van der Waals surface area (Å²) in [5, 5.41) is 6.00. The molecule has 26 heavy (non-hydrogen) atoms. The molecular formula is C20H24N2O3S. The second-order valence-electron chi connectivity index (χ2n) is 6.09. The zero-order valence-electron chi connectivity index (χ0n) is 15.5. The number of hydrogen-bond acceptors (Lipinski definition) is 4. The van der Waals surface area contributed by atoms with Gasteiger partial charge in [-0.25, -0.2) is 0 Å². The number of carbonyl (C=O) groups is 1. The molecule has 1 amide bonds. The smallest absolute Gasteiger partial charge is 0.257 e. The number of hydrogen-bond donors (Lipinski definition) is 2. The number of amides is 1. The molecule has 6 heteroatoms. The topological polar surface area (TPSA) is 59.6 Å². The van der Waals surface area contributed by atoms with Crippen molar-refractivity contribution in [2.24, 2.45) is 0 Å². The third-order valence-electron chi connectivity index (χ3n) is 3.84. The third kappa shape index (κ3) is 5.46. The summed E-state index contributed by atoms with van der Waals surface area (Å²) in [7, 11) is 1.58. The summed E-state index contributed by atoms with van der Waals surface area (Å²) in [6.45, 7) is 6.41. The quantitative estimate of drug-likeness (QED) is 0.761. The lowest BCUT2D eigenvalue weighted by molar-refractivity contribution is 0.0976. The minimum Gasteiger partial charge on any atom is -0.497 e. The fraction of sp³-hybridized carbons (Fsp3) is 0.300. The largest absolute Gasteiger partial charge is 0.497 e. The van der Waals surface area contributed by atoms with Gasteiger partial charge in [-0.2, -0.15) is 0 Å². The van der Waals surface area contributed by atoms with Crippen LogP contribution in [0.25, 0.3) is 0 Å². The Labute approximate surface area is 159 Å². The Morgan fingerprint density at radius 2 is 1.73 bits per heavy atom. The van der Waals surface area contributed by atoms with Crippen molar-refractivity contribution in [3.05, 3.63) is 59.2 Å². The predicted molar refractivity (Wildman–Crippen MR) is 107 cm³/mol. The highest BCUT2D eigenvalue weighted by molar-refractivity contribution is 7.80. The van der Waals surface area contributed by atoms with Crippen molar-refractivity contribution in [2.45, 2.75) is 26.8 Å². The van der Waals surface area contributed by atoms with Crippen molar-refractivity contribution < 1.29 is 14.3 Å². The van der Waals surface area contributed by atoms with E-state index >= 15 is 0 Å². The number of ether oxygens (including phenoxy) is 2. The molecule has 1 unspecified atom stereocenters. The molecule has 2 aromatic rings. The molecule has 0 aliphatic carbocycles. The average molecular weight is 372 g/mol. The Bertz CT molecular complexity index is 755. The SMILES string of the molecule is COc1ccc(C(=O)NC(=S)NC(C)COc2c(C)cccc2C)cc1. The molecule has 0 aliphatic heterocycles. The predicted octanol–water partition coefficient (Wildman–Crippen LogP) is 3.38. The molecular weight excluding hydrogens is 348 g/mol. The van der Waals surface area contributed by atoms with Crippen LogP contribution in [0.4, 0.5) is 0 Å². The first-order valence-corrected chi connectivity index (χ1v) is 8.76. The number of methoxy groups -OCH3 is 1. The number of benzene rings is 2. The standard InChI is InChI=1S/C20H24N2O3S/c1-13-6-5-7-14(2)18(13)25-12-15(3)21-20(26)22-19(23)16-8-10-17(24-4)11-9-16/h5-11,15H,12H2,1-4H3,(H2,21,22,23,26). The van der Waals surface area contributed by atoms with Gasteiger partial charge >= 0.3 is 0 Å². The van der Waals surface area contributed by atoms with Crippen molar-refractivity contribution in [3.63, 3.8) is 0 Å². The maximum absolute atomic E-state index is 12.2. The molecule has 0 aliphatic rings. The number of rotatable bonds is 6. The van der Waals surface area contributed by atoms with E-state index in [2.05, 4.69) is 10.6 Å². The molecule has 1 atom stereocenters. The maximum atomic E-state index is 12.2. The highest BCUT2D eigenvalue weighted by Gasteiger charge is 2.11. The van der Waals surface area contributed by atoms with Crippen LogP contribution in [-0.2, 0) is 0 Å². The van der Waals surface area contributed by atoms with Gasteiger partial charge in [0.2, 0.25) is 0 Å². The molecule has 0 saturated carbocycles. The van der Waals surface area contributed by atoms with Gasteiger partial charge in [-0.1, -0.05) is 18.2 Å². The summed E-state index contributed by atoms with van der Waals surface area (Å²) in [6.07, 6.45) is 0. The van der Waals surface area contributed by atoms with Gasteiger partial charge in [-0.3, -0.25) is 10.1 Å². The van der Waals surface area contributed by atoms with Crippen LogP contribution in [0.15, 0.2) is 42.5 Å². The average Bonchev–Trinajstić information content (AvgIpc) is 2.61. The molecule has 0 fully saturated rings. The normalized spacial score (nSPS) is 11.4. The number of nitrogens with one attached hydrogen (secondary N) is 2. The van der Waals surface area contributed by atoms with Crippen LogP contribution < -0.4 is 20.1 Å².